The lowest BCUT2D eigenvalue weighted by atomic mass is 9.89. The highest BCUT2D eigenvalue weighted by Gasteiger charge is 2.15. The van der Waals surface area contributed by atoms with Crippen LogP contribution in [0.2, 0.25) is 0 Å². The summed E-state index contributed by atoms with van der Waals surface area (Å²) in [5.41, 5.74) is 5.30. The molecule has 1 N–H and O–H groups in total. The SMILES string of the molecule is C=Cc1ccc2ncc(-c3ccc(C4CCNCC4)cc3)n2n1. The predicted octanol–water partition coefficient (Wildman–Crippen LogP) is 3.51. The van der Waals surface area contributed by atoms with Crippen LogP contribution in [0.1, 0.15) is 30.0 Å². The Bertz CT molecular complexity index is 826. The Morgan fingerprint density at radius 2 is 1.87 bits per heavy atom. The number of piperidine rings is 1. The van der Waals surface area contributed by atoms with Crippen LogP contribution in [0, 0.1) is 0 Å². The summed E-state index contributed by atoms with van der Waals surface area (Å²) in [6.07, 6.45) is 6.08. The lowest BCUT2D eigenvalue weighted by molar-refractivity contribution is 0.460. The third-order valence-corrected chi connectivity index (χ3v) is 4.61. The van der Waals surface area contributed by atoms with Crippen molar-refractivity contribution in [1.29, 1.82) is 0 Å². The summed E-state index contributed by atoms with van der Waals surface area (Å²) in [5.74, 6) is 0.679. The lowest BCUT2D eigenvalue weighted by Gasteiger charge is -2.23. The zero-order valence-electron chi connectivity index (χ0n) is 13.1. The molecule has 0 radical (unpaired) electrons. The molecule has 3 heterocycles. The van der Waals surface area contributed by atoms with Gasteiger partial charge in [-0.25, -0.2) is 9.50 Å². The van der Waals surface area contributed by atoms with Crippen LogP contribution in [0.25, 0.3) is 23.0 Å². The van der Waals surface area contributed by atoms with E-state index in [4.69, 9.17) is 0 Å². The number of fused-ring (bicyclic) bond motifs is 1. The van der Waals surface area contributed by atoms with Gasteiger partial charge in [-0.3, -0.25) is 0 Å². The van der Waals surface area contributed by atoms with Crippen LogP contribution < -0.4 is 5.32 Å². The average molecular weight is 304 g/mol. The molecule has 0 bridgehead atoms. The van der Waals surface area contributed by atoms with Gasteiger partial charge in [0.1, 0.15) is 0 Å². The van der Waals surface area contributed by atoms with Crippen LogP contribution in [-0.2, 0) is 0 Å². The molecule has 1 fully saturated rings. The first-order chi connectivity index (χ1) is 11.3. The van der Waals surface area contributed by atoms with Gasteiger partial charge in [-0.2, -0.15) is 5.10 Å². The molecular formula is C19H20N4. The molecule has 4 heteroatoms. The van der Waals surface area contributed by atoms with Gasteiger partial charge >= 0.3 is 0 Å². The van der Waals surface area contributed by atoms with E-state index in [0.717, 1.165) is 35.7 Å². The van der Waals surface area contributed by atoms with Gasteiger partial charge in [0.15, 0.2) is 5.65 Å². The van der Waals surface area contributed by atoms with E-state index in [1.54, 1.807) is 6.08 Å². The monoisotopic (exact) mass is 304 g/mol. The molecular weight excluding hydrogens is 284 g/mol. The number of imidazole rings is 1. The molecule has 1 saturated heterocycles. The number of aromatic nitrogens is 3. The van der Waals surface area contributed by atoms with Crippen molar-refractivity contribution < 1.29 is 0 Å². The van der Waals surface area contributed by atoms with Crippen molar-refractivity contribution in [3.63, 3.8) is 0 Å². The van der Waals surface area contributed by atoms with Crippen molar-refractivity contribution in [1.82, 2.24) is 19.9 Å². The van der Waals surface area contributed by atoms with Crippen molar-refractivity contribution in [2.24, 2.45) is 0 Å². The van der Waals surface area contributed by atoms with Gasteiger partial charge in [-0.1, -0.05) is 30.8 Å². The molecule has 1 aliphatic rings. The molecule has 0 unspecified atom stereocenters. The van der Waals surface area contributed by atoms with Crippen molar-refractivity contribution >= 4 is 11.7 Å². The van der Waals surface area contributed by atoms with Gasteiger partial charge in [0, 0.05) is 5.56 Å². The average Bonchev–Trinajstić information content (AvgIpc) is 3.05. The summed E-state index contributed by atoms with van der Waals surface area (Å²) in [7, 11) is 0. The summed E-state index contributed by atoms with van der Waals surface area (Å²) >= 11 is 0. The van der Waals surface area contributed by atoms with Crippen LogP contribution in [0.4, 0.5) is 0 Å². The molecule has 1 aliphatic heterocycles. The van der Waals surface area contributed by atoms with Crippen molar-refractivity contribution in [3.8, 4) is 11.3 Å². The van der Waals surface area contributed by atoms with Gasteiger partial charge in [0.25, 0.3) is 0 Å². The Morgan fingerprint density at radius 1 is 1.09 bits per heavy atom. The third kappa shape index (κ3) is 2.66. The number of nitrogens with one attached hydrogen (secondary N) is 1. The summed E-state index contributed by atoms with van der Waals surface area (Å²) in [5, 5.41) is 7.99. The van der Waals surface area contributed by atoms with E-state index in [2.05, 4.69) is 46.2 Å². The number of rotatable bonds is 3. The number of nitrogens with zero attached hydrogens (tertiary/aromatic N) is 3. The number of benzene rings is 1. The van der Waals surface area contributed by atoms with Crippen LogP contribution in [-0.4, -0.2) is 27.7 Å². The summed E-state index contributed by atoms with van der Waals surface area (Å²) < 4.78 is 1.89. The second-order valence-corrected chi connectivity index (χ2v) is 6.02. The first-order valence-electron chi connectivity index (χ1n) is 8.13. The van der Waals surface area contributed by atoms with Gasteiger partial charge in [-0.05, 0) is 55.6 Å². The van der Waals surface area contributed by atoms with Crippen LogP contribution in [0.5, 0.6) is 0 Å². The van der Waals surface area contributed by atoms with E-state index in [1.807, 2.05) is 22.8 Å². The number of hydrogen-bond donors (Lipinski definition) is 1. The standard InChI is InChI=1S/C19H20N4/c1-2-17-7-8-19-21-13-18(23(19)22-17)16-5-3-14(4-6-16)15-9-11-20-12-10-15/h2-8,13,15,20H,1,9-12H2. The second-order valence-electron chi connectivity index (χ2n) is 6.02. The normalized spacial score (nSPS) is 15.8. The van der Waals surface area contributed by atoms with Gasteiger partial charge in [0.2, 0.25) is 0 Å². The summed E-state index contributed by atoms with van der Waals surface area (Å²) in [6, 6.07) is 12.8. The third-order valence-electron chi connectivity index (χ3n) is 4.61. The lowest BCUT2D eigenvalue weighted by Crippen LogP contribution is -2.26. The van der Waals surface area contributed by atoms with E-state index in [9.17, 15) is 0 Å². The smallest absolute Gasteiger partial charge is 0.154 e. The van der Waals surface area contributed by atoms with E-state index < -0.39 is 0 Å². The van der Waals surface area contributed by atoms with E-state index in [1.165, 1.54) is 18.4 Å². The largest absolute Gasteiger partial charge is 0.317 e. The van der Waals surface area contributed by atoms with Crippen LogP contribution in [0.15, 0.2) is 49.2 Å². The summed E-state index contributed by atoms with van der Waals surface area (Å²) in [6.45, 7) is 6.02. The first kappa shape index (κ1) is 14.2. The predicted molar refractivity (Wildman–Crippen MR) is 93.4 cm³/mol. The molecule has 0 atom stereocenters. The van der Waals surface area contributed by atoms with E-state index in [-0.39, 0.29) is 0 Å². The Kier molecular flexibility index (Phi) is 3.67. The fraction of sp³-hybridized carbons (Fsp3) is 0.263. The van der Waals surface area contributed by atoms with E-state index >= 15 is 0 Å². The highest BCUT2D eigenvalue weighted by molar-refractivity contribution is 5.64. The van der Waals surface area contributed by atoms with Crippen LogP contribution >= 0.6 is 0 Å². The molecule has 0 spiro atoms. The minimum atomic E-state index is 0.679. The molecule has 0 saturated carbocycles. The maximum Gasteiger partial charge on any atom is 0.154 e. The van der Waals surface area contributed by atoms with Gasteiger partial charge < -0.3 is 5.32 Å². The molecule has 0 amide bonds. The zero-order chi connectivity index (χ0) is 15.6. The molecule has 1 aromatic carbocycles. The molecule has 23 heavy (non-hydrogen) atoms. The molecule has 0 aliphatic carbocycles. The highest BCUT2D eigenvalue weighted by Crippen LogP contribution is 2.28. The van der Waals surface area contributed by atoms with Crippen molar-refractivity contribution in [2.45, 2.75) is 18.8 Å². The molecule has 2 aromatic heterocycles. The Morgan fingerprint density at radius 3 is 2.61 bits per heavy atom. The fourth-order valence-corrected chi connectivity index (χ4v) is 3.27. The van der Waals surface area contributed by atoms with Crippen molar-refractivity contribution in [3.05, 3.63) is 60.4 Å². The molecule has 3 aromatic rings. The van der Waals surface area contributed by atoms with Gasteiger partial charge in [-0.15, -0.1) is 0 Å². The van der Waals surface area contributed by atoms with Crippen LogP contribution in [0.3, 0.4) is 0 Å². The quantitative estimate of drug-likeness (QED) is 0.805. The fourth-order valence-electron chi connectivity index (χ4n) is 3.27. The summed E-state index contributed by atoms with van der Waals surface area (Å²) in [4.78, 5) is 4.44. The molecule has 116 valence electrons. The maximum absolute atomic E-state index is 4.57. The second kappa shape index (κ2) is 5.97. The first-order valence-corrected chi connectivity index (χ1v) is 8.13. The zero-order valence-corrected chi connectivity index (χ0v) is 13.1. The Hall–Kier alpha value is -2.46. The Labute approximate surface area is 135 Å². The molecule has 4 rings (SSSR count). The van der Waals surface area contributed by atoms with E-state index in [0.29, 0.717) is 5.92 Å². The minimum Gasteiger partial charge on any atom is -0.317 e. The maximum atomic E-state index is 4.57. The topological polar surface area (TPSA) is 42.2 Å². The van der Waals surface area contributed by atoms with Gasteiger partial charge in [0.05, 0.1) is 17.6 Å². The highest BCUT2D eigenvalue weighted by atomic mass is 15.3. The molecule has 4 nitrogen and oxygen atoms in total. The van der Waals surface area contributed by atoms with Crippen molar-refractivity contribution in [2.75, 3.05) is 13.1 Å². The number of hydrogen-bond acceptors (Lipinski definition) is 3. The Balaban J connectivity index is 1.69. The minimum absolute atomic E-state index is 0.679.